The topological polar surface area (TPSA) is 29.5 Å². The largest absolute Gasteiger partial charge is 0.381 e. The summed E-state index contributed by atoms with van der Waals surface area (Å²) in [4.78, 5) is 13.7. The second-order valence-corrected chi connectivity index (χ2v) is 5.99. The fourth-order valence-corrected chi connectivity index (χ4v) is 2.61. The third-order valence-corrected chi connectivity index (χ3v) is 3.87. The molecule has 1 heterocycles. The van der Waals surface area contributed by atoms with Gasteiger partial charge in [-0.1, -0.05) is 13.8 Å². The third kappa shape index (κ3) is 4.40. The van der Waals surface area contributed by atoms with Crippen LogP contribution in [-0.4, -0.2) is 44.0 Å². The first kappa shape index (κ1) is 14.7. The van der Waals surface area contributed by atoms with Crippen LogP contribution in [0.4, 0.5) is 0 Å². The van der Waals surface area contributed by atoms with E-state index in [0.29, 0.717) is 12.0 Å². The van der Waals surface area contributed by atoms with Gasteiger partial charge in [-0.2, -0.15) is 0 Å². The normalized spacial score (nSPS) is 21.8. The van der Waals surface area contributed by atoms with Crippen molar-refractivity contribution in [2.45, 2.75) is 46.1 Å². The van der Waals surface area contributed by atoms with E-state index < -0.39 is 0 Å². The highest BCUT2D eigenvalue weighted by molar-refractivity contribution is 5.60. The van der Waals surface area contributed by atoms with Gasteiger partial charge in [0.25, 0.3) is 0 Å². The molecule has 0 amide bonds. The van der Waals surface area contributed by atoms with Crippen LogP contribution in [0.15, 0.2) is 0 Å². The lowest BCUT2D eigenvalue weighted by atomic mass is 9.81. The molecule has 1 fully saturated rings. The molecule has 1 unspecified atom stereocenters. The SMILES string of the molecule is CC(C)CC(C)N(C)CC1(C=O)CCOCC1. The first-order chi connectivity index (χ1) is 7.99. The van der Waals surface area contributed by atoms with Crippen LogP contribution in [0.5, 0.6) is 0 Å². The highest BCUT2D eigenvalue weighted by atomic mass is 16.5. The maximum atomic E-state index is 11.4. The Bertz CT molecular complexity index is 234. The monoisotopic (exact) mass is 241 g/mol. The minimum Gasteiger partial charge on any atom is -0.381 e. The first-order valence-corrected chi connectivity index (χ1v) is 6.73. The molecule has 0 aromatic carbocycles. The predicted octanol–water partition coefficient (Wildman–Crippen LogP) is 2.35. The molecule has 0 spiro atoms. The third-order valence-electron chi connectivity index (χ3n) is 3.87. The Labute approximate surface area is 106 Å². The number of hydrogen-bond donors (Lipinski definition) is 0. The number of hydrogen-bond acceptors (Lipinski definition) is 3. The summed E-state index contributed by atoms with van der Waals surface area (Å²) in [6.45, 7) is 9.06. The lowest BCUT2D eigenvalue weighted by Gasteiger charge is -2.38. The van der Waals surface area contributed by atoms with Crippen molar-refractivity contribution < 1.29 is 9.53 Å². The van der Waals surface area contributed by atoms with Gasteiger partial charge in [0.15, 0.2) is 0 Å². The maximum absolute atomic E-state index is 11.4. The van der Waals surface area contributed by atoms with Crippen molar-refractivity contribution in [1.29, 1.82) is 0 Å². The van der Waals surface area contributed by atoms with Crippen molar-refractivity contribution >= 4 is 6.29 Å². The summed E-state index contributed by atoms with van der Waals surface area (Å²) >= 11 is 0. The van der Waals surface area contributed by atoms with Crippen molar-refractivity contribution in [1.82, 2.24) is 4.90 Å². The van der Waals surface area contributed by atoms with Gasteiger partial charge in [-0.25, -0.2) is 0 Å². The van der Waals surface area contributed by atoms with Crippen molar-refractivity contribution in [3.8, 4) is 0 Å². The Morgan fingerprint density at radius 3 is 2.35 bits per heavy atom. The Hall–Kier alpha value is -0.410. The molecule has 0 radical (unpaired) electrons. The van der Waals surface area contributed by atoms with Crippen LogP contribution in [-0.2, 0) is 9.53 Å². The summed E-state index contributed by atoms with van der Waals surface area (Å²) in [5.74, 6) is 0.703. The van der Waals surface area contributed by atoms with Gasteiger partial charge >= 0.3 is 0 Å². The van der Waals surface area contributed by atoms with Gasteiger partial charge in [-0.3, -0.25) is 0 Å². The molecule has 0 N–H and O–H groups in total. The number of ether oxygens (including phenoxy) is 1. The van der Waals surface area contributed by atoms with E-state index in [1.807, 2.05) is 0 Å². The molecular formula is C14H27NO2. The molecule has 3 heteroatoms. The summed E-state index contributed by atoms with van der Waals surface area (Å²) in [7, 11) is 2.13. The van der Waals surface area contributed by atoms with E-state index in [1.54, 1.807) is 0 Å². The second-order valence-electron chi connectivity index (χ2n) is 5.99. The van der Waals surface area contributed by atoms with Crippen LogP contribution in [0, 0.1) is 11.3 Å². The van der Waals surface area contributed by atoms with E-state index in [0.717, 1.165) is 38.9 Å². The highest BCUT2D eigenvalue weighted by Crippen LogP contribution is 2.29. The van der Waals surface area contributed by atoms with Gasteiger partial charge in [0.1, 0.15) is 6.29 Å². The van der Waals surface area contributed by atoms with Crippen LogP contribution < -0.4 is 0 Å². The number of carbonyl (C=O) groups excluding carboxylic acids is 1. The smallest absolute Gasteiger partial charge is 0.127 e. The molecule has 1 aliphatic heterocycles. The van der Waals surface area contributed by atoms with Gasteiger partial charge < -0.3 is 14.4 Å². The molecule has 17 heavy (non-hydrogen) atoms. The number of aldehydes is 1. The lowest BCUT2D eigenvalue weighted by molar-refractivity contribution is -0.123. The molecule has 0 aliphatic carbocycles. The summed E-state index contributed by atoms with van der Waals surface area (Å²) in [6.07, 6.45) is 4.08. The quantitative estimate of drug-likeness (QED) is 0.669. The zero-order valence-corrected chi connectivity index (χ0v) is 11.7. The van der Waals surface area contributed by atoms with Crippen molar-refractivity contribution in [3.63, 3.8) is 0 Å². The van der Waals surface area contributed by atoms with Gasteiger partial charge in [0.05, 0.1) is 0 Å². The van der Waals surface area contributed by atoms with E-state index in [9.17, 15) is 4.79 Å². The zero-order chi connectivity index (χ0) is 12.9. The molecule has 3 nitrogen and oxygen atoms in total. The van der Waals surface area contributed by atoms with Gasteiger partial charge in [-0.15, -0.1) is 0 Å². The number of carbonyl (C=O) groups is 1. The molecule has 0 saturated carbocycles. The van der Waals surface area contributed by atoms with E-state index >= 15 is 0 Å². The lowest BCUT2D eigenvalue weighted by Crippen LogP contribution is -2.44. The maximum Gasteiger partial charge on any atom is 0.127 e. The second kappa shape index (κ2) is 6.50. The Morgan fingerprint density at radius 2 is 1.88 bits per heavy atom. The minimum atomic E-state index is -0.168. The van der Waals surface area contributed by atoms with Crippen LogP contribution >= 0.6 is 0 Å². The van der Waals surface area contributed by atoms with Gasteiger partial charge in [-0.05, 0) is 39.2 Å². The fourth-order valence-electron chi connectivity index (χ4n) is 2.61. The summed E-state index contributed by atoms with van der Waals surface area (Å²) < 4.78 is 5.36. The Kier molecular flexibility index (Phi) is 5.60. The molecule has 1 saturated heterocycles. The number of nitrogens with zero attached hydrogens (tertiary/aromatic N) is 1. The fraction of sp³-hybridized carbons (Fsp3) is 0.929. The van der Waals surface area contributed by atoms with Crippen LogP contribution in [0.1, 0.15) is 40.0 Å². The average Bonchev–Trinajstić information content (AvgIpc) is 2.29. The van der Waals surface area contributed by atoms with Gasteiger partial charge in [0, 0.05) is 31.2 Å². The van der Waals surface area contributed by atoms with Gasteiger partial charge in [0.2, 0.25) is 0 Å². The van der Waals surface area contributed by atoms with Crippen molar-refractivity contribution in [3.05, 3.63) is 0 Å². The molecule has 0 aromatic rings. The molecule has 1 atom stereocenters. The standard InChI is InChI=1S/C14H27NO2/c1-12(2)9-13(3)15(4)10-14(11-16)5-7-17-8-6-14/h11-13H,5-10H2,1-4H3. The van der Waals surface area contributed by atoms with Crippen molar-refractivity contribution in [2.75, 3.05) is 26.8 Å². The van der Waals surface area contributed by atoms with E-state index in [2.05, 4.69) is 32.7 Å². The highest BCUT2D eigenvalue weighted by Gasteiger charge is 2.34. The molecule has 0 aromatic heterocycles. The average molecular weight is 241 g/mol. The zero-order valence-electron chi connectivity index (χ0n) is 11.7. The predicted molar refractivity (Wildman–Crippen MR) is 70.1 cm³/mol. The summed E-state index contributed by atoms with van der Waals surface area (Å²) in [5.41, 5.74) is -0.168. The molecule has 1 rings (SSSR count). The summed E-state index contributed by atoms with van der Waals surface area (Å²) in [5, 5.41) is 0. The van der Waals surface area contributed by atoms with Crippen LogP contribution in [0.25, 0.3) is 0 Å². The number of rotatable bonds is 6. The Morgan fingerprint density at radius 1 is 1.29 bits per heavy atom. The van der Waals surface area contributed by atoms with Crippen molar-refractivity contribution in [2.24, 2.45) is 11.3 Å². The van der Waals surface area contributed by atoms with E-state index in [4.69, 9.17) is 4.74 Å². The first-order valence-electron chi connectivity index (χ1n) is 6.73. The molecule has 0 bridgehead atoms. The Balaban J connectivity index is 2.52. The molecular weight excluding hydrogens is 214 g/mol. The van der Waals surface area contributed by atoms with E-state index in [1.165, 1.54) is 6.42 Å². The molecule has 1 aliphatic rings. The van der Waals surface area contributed by atoms with E-state index in [-0.39, 0.29) is 5.41 Å². The molecule has 100 valence electrons. The van der Waals surface area contributed by atoms with Crippen LogP contribution in [0.3, 0.4) is 0 Å². The van der Waals surface area contributed by atoms with Crippen LogP contribution in [0.2, 0.25) is 0 Å². The summed E-state index contributed by atoms with van der Waals surface area (Å²) in [6, 6.07) is 0.537. The minimum absolute atomic E-state index is 0.168.